The summed E-state index contributed by atoms with van der Waals surface area (Å²) in [6.45, 7) is 2.39. The first kappa shape index (κ1) is 18.4. The van der Waals surface area contributed by atoms with Crippen molar-refractivity contribution < 1.29 is 19.1 Å². The van der Waals surface area contributed by atoms with Crippen LogP contribution in [0.3, 0.4) is 0 Å². The van der Waals surface area contributed by atoms with Crippen molar-refractivity contribution in [1.82, 2.24) is 5.32 Å². The Kier molecular flexibility index (Phi) is 6.47. The molecule has 2 aromatic carbocycles. The topological polar surface area (TPSA) is 76.7 Å². The Balaban J connectivity index is 2.06. The molecule has 0 aliphatic heterocycles. The van der Waals surface area contributed by atoms with Gasteiger partial charge in [0.25, 0.3) is 5.91 Å². The van der Waals surface area contributed by atoms with Crippen LogP contribution in [0.4, 0.5) is 5.69 Å². The van der Waals surface area contributed by atoms with Crippen molar-refractivity contribution in [3.63, 3.8) is 0 Å². The second-order valence-corrected chi connectivity index (χ2v) is 5.32. The number of para-hydroxylation sites is 2. The van der Waals surface area contributed by atoms with Gasteiger partial charge in [-0.1, -0.05) is 18.2 Å². The number of rotatable bonds is 5. The first-order valence-corrected chi connectivity index (χ1v) is 7.98. The molecule has 6 nitrogen and oxygen atoms in total. The lowest BCUT2D eigenvalue weighted by molar-refractivity contribution is 0.0600. The number of esters is 1. The van der Waals surface area contributed by atoms with Gasteiger partial charge in [-0.15, -0.1) is 0 Å². The smallest absolute Gasteiger partial charge is 0.337 e. The highest BCUT2D eigenvalue weighted by molar-refractivity contribution is 7.80. The molecule has 2 N–H and O–H groups in total. The molecule has 0 atom stereocenters. The van der Waals surface area contributed by atoms with E-state index in [1.807, 2.05) is 19.1 Å². The molecule has 2 rings (SSSR count). The van der Waals surface area contributed by atoms with Gasteiger partial charge in [0, 0.05) is 5.56 Å². The first-order chi connectivity index (χ1) is 12.0. The SMILES string of the molecule is CCOc1ccccc1NC(=S)NC(=O)c1cccc(C(=O)OC)c1. The van der Waals surface area contributed by atoms with Gasteiger partial charge in [-0.2, -0.15) is 0 Å². The molecule has 1 amide bonds. The summed E-state index contributed by atoms with van der Waals surface area (Å²) in [5.41, 5.74) is 1.24. The molecule has 0 saturated carbocycles. The van der Waals surface area contributed by atoms with Crippen molar-refractivity contribution >= 4 is 34.9 Å². The Morgan fingerprint density at radius 3 is 2.52 bits per heavy atom. The molecule has 0 saturated heterocycles. The predicted octanol–water partition coefficient (Wildman–Crippen LogP) is 3.00. The summed E-state index contributed by atoms with van der Waals surface area (Å²) in [5.74, 6) is -0.313. The van der Waals surface area contributed by atoms with Crippen molar-refractivity contribution in [2.45, 2.75) is 6.92 Å². The van der Waals surface area contributed by atoms with Gasteiger partial charge >= 0.3 is 5.97 Å². The third kappa shape index (κ3) is 5.02. The average Bonchev–Trinajstić information content (AvgIpc) is 2.63. The van der Waals surface area contributed by atoms with Crippen molar-refractivity contribution in [2.75, 3.05) is 19.0 Å². The van der Waals surface area contributed by atoms with E-state index < -0.39 is 11.9 Å². The van der Waals surface area contributed by atoms with Gasteiger partial charge in [-0.3, -0.25) is 10.1 Å². The Bertz CT molecular complexity index is 792. The van der Waals surface area contributed by atoms with Gasteiger partial charge in [0.2, 0.25) is 0 Å². The number of nitrogens with one attached hydrogen (secondary N) is 2. The number of carbonyl (C=O) groups excluding carboxylic acids is 2. The molecule has 0 aliphatic carbocycles. The summed E-state index contributed by atoms with van der Waals surface area (Å²) in [7, 11) is 1.28. The van der Waals surface area contributed by atoms with Crippen LogP contribution in [0.5, 0.6) is 5.75 Å². The monoisotopic (exact) mass is 358 g/mol. The van der Waals surface area contributed by atoms with E-state index in [-0.39, 0.29) is 10.7 Å². The second-order valence-electron chi connectivity index (χ2n) is 4.91. The van der Waals surface area contributed by atoms with Crippen LogP contribution in [-0.2, 0) is 4.74 Å². The number of hydrogen-bond donors (Lipinski definition) is 2. The molecule has 0 heterocycles. The number of ether oxygens (including phenoxy) is 2. The van der Waals surface area contributed by atoms with Gasteiger partial charge in [0.1, 0.15) is 5.75 Å². The number of carbonyl (C=O) groups is 2. The zero-order chi connectivity index (χ0) is 18.2. The van der Waals surface area contributed by atoms with Gasteiger partial charge in [0.05, 0.1) is 25.0 Å². The summed E-state index contributed by atoms with van der Waals surface area (Å²) in [6, 6.07) is 13.5. The molecular formula is C18H18N2O4S. The van der Waals surface area contributed by atoms with Crippen LogP contribution >= 0.6 is 12.2 Å². The maximum absolute atomic E-state index is 12.3. The van der Waals surface area contributed by atoms with Gasteiger partial charge in [0.15, 0.2) is 5.11 Å². The van der Waals surface area contributed by atoms with Gasteiger partial charge < -0.3 is 14.8 Å². The zero-order valence-corrected chi connectivity index (χ0v) is 14.7. The Labute approximate surface area is 151 Å². The molecular weight excluding hydrogens is 340 g/mol. The fraction of sp³-hybridized carbons (Fsp3) is 0.167. The lowest BCUT2D eigenvalue weighted by Gasteiger charge is -2.13. The van der Waals surface area contributed by atoms with E-state index in [0.29, 0.717) is 23.6 Å². The Hall–Kier alpha value is -2.93. The van der Waals surface area contributed by atoms with Crippen LogP contribution in [0.2, 0.25) is 0 Å². The second kappa shape index (κ2) is 8.79. The molecule has 0 aliphatic rings. The summed E-state index contributed by atoms with van der Waals surface area (Å²) < 4.78 is 10.1. The van der Waals surface area contributed by atoms with Gasteiger partial charge in [-0.25, -0.2) is 4.79 Å². The number of methoxy groups -OCH3 is 1. The third-order valence-electron chi connectivity index (χ3n) is 3.21. The van der Waals surface area contributed by atoms with Crippen molar-refractivity contribution in [2.24, 2.45) is 0 Å². The molecule has 130 valence electrons. The zero-order valence-electron chi connectivity index (χ0n) is 13.9. The lowest BCUT2D eigenvalue weighted by atomic mass is 10.1. The summed E-state index contributed by atoms with van der Waals surface area (Å²) in [4.78, 5) is 23.8. The minimum Gasteiger partial charge on any atom is -0.492 e. The van der Waals surface area contributed by atoms with Crippen molar-refractivity contribution in [3.05, 3.63) is 59.7 Å². The third-order valence-corrected chi connectivity index (χ3v) is 3.41. The summed E-state index contributed by atoms with van der Waals surface area (Å²) >= 11 is 5.17. The molecule has 2 aromatic rings. The maximum Gasteiger partial charge on any atom is 0.337 e. The van der Waals surface area contributed by atoms with Crippen LogP contribution in [0.15, 0.2) is 48.5 Å². The molecule has 0 fully saturated rings. The highest BCUT2D eigenvalue weighted by Crippen LogP contribution is 2.23. The number of hydrogen-bond acceptors (Lipinski definition) is 5. The molecule has 0 bridgehead atoms. The van der Waals surface area contributed by atoms with Crippen LogP contribution in [0, 0.1) is 0 Å². The molecule has 0 radical (unpaired) electrons. The standard InChI is InChI=1S/C18H18N2O4S/c1-3-24-15-10-5-4-9-14(15)19-18(25)20-16(21)12-7-6-8-13(11-12)17(22)23-2/h4-11H,3H2,1-2H3,(H2,19,20,21,25). The average molecular weight is 358 g/mol. The van der Waals surface area contributed by atoms with E-state index in [4.69, 9.17) is 17.0 Å². The minimum atomic E-state index is -0.513. The number of amides is 1. The number of benzene rings is 2. The van der Waals surface area contributed by atoms with E-state index in [1.165, 1.54) is 13.2 Å². The summed E-state index contributed by atoms with van der Waals surface area (Å²) in [5, 5.41) is 5.62. The van der Waals surface area contributed by atoms with E-state index >= 15 is 0 Å². The summed E-state index contributed by atoms with van der Waals surface area (Å²) in [6.07, 6.45) is 0. The quantitative estimate of drug-likeness (QED) is 0.632. The molecule has 0 unspecified atom stereocenters. The normalized spacial score (nSPS) is 9.84. The Morgan fingerprint density at radius 2 is 1.80 bits per heavy atom. The lowest BCUT2D eigenvalue weighted by Crippen LogP contribution is -2.34. The van der Waals surface area contributed by atoms with E-state index in [0.717, 1.165) is 0 Å². The van der Waals surface area contributed by atoms with Crippen molar-refractivity contribution in [1.29, 1.82) is 0 Å². The maximum atomic E-state index is 12.3. The first-order valence-electron chi connectivity index (χ1n) is 7.57. The minimum absolute atomic E-state index is 0.126. The highest BCUT2D eigenvalue weighted by Gasteiger charge is 2.12. The Morgan fingerprint density at radius 1 is 1.08 bits per heavy atom. The molecule has 0 aromatic heterocycles. The fourth-order valence-electron chi connectivity index (χ4n) is 2.09. The van der Waals surface area contributed by atoms with Crippen LogP contribution in [0.1, 0.15) is 27.6 Å². The highest BCUT2D eigenvalue weighted by atomic mass is 32.1. The van der Waals surface area contributed by atoms with Crippen LogP contribution in [0.25, 0.3) is 0 Å². The van der Waals surface area contributed by atoms with E-state index in [1.54, 1.807) is 30.3 Å². The van der Waals surface area contributed by atoms with Gasteiger partial charge in [-0.05, 0) is 49.5 Å². The van der Waals surface area contributed by atoms with E-state index in [2.05, 4.69) is 15.4 Å². The van der Waals surface area contributed by atoms with E-state index in [9.17, 15) is 9.59 Å². The fourth-order valence-corrected chi connectivity index (χ4v) is 2.29. The number of anilines is 1. The largest absolute Gasteiger partial charge is 0.492 e. The van der Waals surface area contributed by atoms with Crippen LogP contribution < -0.4 is 15.4 Å². The molecule has 25 heavy (non-hydrogen) atoms. The number of thiocarbonyl (C=S) groups is 1. The molecule has 7 heteroatoms. The van der Waals surface area contributed by atoms with Crippen molar-refractivity contribution in [3.8, 4) is 5.75 Å². The molecule has 0 spiro atoms. The predicted molar refractivity (Wildman–Crippen MR) is 99.1 cm³/mol. The van der Waals surface area contributed by atoms with Crippen LogP contribution in [-0.4, -0.2) is 30.7 Å².